The highest BCUT2D eigenvalue weighted by atomic mass is 15.2. The second kappa shape index (κ2) is 4.01. The Morgan fingerprint density at radius 1 is 1.11 bits per heavy atom. The Morgan fingerprint density at radius 3 is 2.50 bits per heavy atom. The summed E-state index contributed by atoms with van der Waals surface area (Å²) in [5, 5.41) is 0. The molecule has 0 saturated heterocycles. The molecule has 1 aromatic carbocycles. The van der Waals surface area contributed by atoms with Gasteiger partial charge in [-0.25, -0.2) is 0 Å². The van der Waals surface area contributed by atoms with Gasteiger partial charge in [0.2, 0.25) is 0 Å². The molecule has 0 bridgehead atoms. The number of rotatable bonds is 1. The fraction of sp³-hybridized carbons (Fsp3) is 0.647. The summed E-state index contributed by atoms with van der Waals surface area (Å²) in [6.07, 6.45) is 1.27. The van der Waals surface area contributed by atoms with Crippen LogP contribution in [-0.2, 0) is 6.42 Å². The van der Waals surface area contributed by atoms with Crippen molar-refractivity contribution in [3.63, 3.8) is 0 Å². The molecule has 4 atom stereocenters. The minimum atomic E-state index is 0.652. The van der Waals surface area contributed by atoms with E-state index in [0.717, 1.165) is 18.4 Å². The van der Waals surface area contributed by atoms with Gasteiger partial charge in [-0.15, -0.1) is 0 Å². The van der Waals surface area contributed by atoms with Crippen LogP contribution in [0.1, 0.15) is 63.1 Å². The number of hydrogen-bond acceptors (Lipinski definition) is 1. The third kappa shape index (κ3) is 1.39. The average Bonchev–Trinajstić information content (AvgIpc) is 2.77. The molecule has 0 radical (unpaired) electrons. The van der Waals surface area contributed by atoms with Gasteiger partial charge in [0.25, 0.3) is 0 Å². The summed E-state index contributed by atoms with van der Waals surface area (Å²) in [4.78, 5) is 2.63. The third-order valence-corrected chi connectivity index (χ3v) is 5.52. The first-order valence-electron chi connectivity index (χ1n) is 7.48. The van der Waals surface area contributed by atoms with Gasteiger partial charge < -0.3 is 4.90 Å². The summed E-state index contributed by atoms with van der Waals surface area (Å²) >= 11 is 0. The summed E-state index contributed by atoms with van der Waals surface area (Å²) in [5.74, 6) is 2.20. The van der Waals surface area contributed by atoms with Crippen molar-refractivity contribution in [1.29, 1.82) is 0 Å². The molecule has 0 unspecified atom stereocenters. The van der Waals surface area contributed by atoms with E-state index in [0.29, 0.717) is 12.0 Å². The molecule has 3 rings (SSSR count). The summed E-state index contributed by atoms with van der Waals surface area (Å²) in [7, 11) is 0. The second-order valence-electron chi connectivity index (χ2n) is 6.36. The highest BCUT2D eigenvalue weighted by Crippen LogP contribution is 2.50. The molecular weight excluding hydrogens is 218 g/mol. The van der Waals surface area contributed by atoms with E-state index in [-0.39, 0.29) is 0 Å². The molecule has 1 aliphatic heterocycles. The minimum absolute atomic E-state index is 0.652. The molecule has 0 amide bonds. The van der Waals surface area contributed by atoms with Crippen molar-refractivity contribution in [3.8, 4) is 0 Å². The van der Waals surface area contributed by atoms with E-state index in [4.69, 9.17) is 0 Å². The Morgan fingerprint density at radius 2 is 1.83 bits per heavy atom. The van der Waals surface area contributed by atoms with Gasteiger partial charge in [-0.3, -0.25) is 0 Å². The SMILES string of the molecule is CCN1c2c(ccc3c2[C@@H](C)[C@@H](C)C3)[C@@H](C)[C@H]1C. The number of benzene rings is 1. The Hall–Kier alpha value is -0.980. The molecule has 1 heterocycles. The molecule has 18 heavy (non-hydrogen) atoms. The molecular formula is C17H25N. The van der Waals surface area contributed by atoms with E-state index in [1.807, 2.05) is 0 Å². The number of likely N-dealkylation sites (N-methyl/N-ethyl adjacent to an activating group) is 1. The lowest BCUT2D eigenvalue weighted by molar-refractivity contribution is 0.530. The van der Waals surface area contributed by atoms with Crippen LogP contribution in [0.2, 0.25) is 0 Å². The van der Waals surface area contributed by atoms with Crippen LogP contribution in [0.3, 0.4) is 0 Å². The van der Waals surface area contributed by atoms with Gasteiger partial charge in [-0.1, -0.05) is 32.9 Å². The lowest BCUT2D eigenvalue weighted by Crippen LogP contribution is -2.31. The van der Waals surface area contributed by atoms with Crippen LogP contribution in [0.4, 0.5) is 5.69 Å². The third-order valence-electron chi connectivity index (χ3n) is 5.52. The zero-order valence-electron chi connectivity index (χ0n) is 12.3. The molecule has 1 aromatic rings. The highest BCUT2D eigenvalue weighted by molar-refractivity contribution is 5.70. The second-order valence-corrected chi connectivity index (χ2v) is 6.36. The van der Waals surface area contributed by atoms with Crippen LogP contribution in [0.25, 0.3) is 0 Å². The standard InChI is InChI=1S/C17H25N/c1-6-18-13(5)12(4)15-8-7-14-9-10(2)11(3)16(14)17(15)18/h7-8,10-13H,6,9H2,1-5H3/t10-,11-,12-,13+/m0/s1. The summed E-state index contributed by atoms with van der Waals surface area (Å²) < 4.78 is 0. The quantitative estimate of drug-likeness (QED) is 0.710. The minimum Gasteiger partial charge on any atom is -0.368 e. The average molecular weight is 243 g/mol. The van der Waals surface area contributed by atoms with Crippen LogP contribution >= 0.6 is 0 Å². The maximum atomic E-state index is 2.63. The molecule has 98 valence electrons. The monoisotopic (exact) mass is 243 g/mol. The molecule has 1 nitrogen and oxygen atoms in total. The number of fused-ring (bicyclic) bond motifs is 3. The van der Waals surface area contributed by atoms with Crippen LogP contribution in [0.5, 0.6) is 0 Å². The molecule has 0 saturated carbocycles. The van der Waals surface area contributed by atoms with Crippen LogP contribution in [0, 0.1) is 5.92 Å². The normalized spacial score (nSPS) is 33.7. The molecule has 1 aliphatic carbocycles. The van der Waals surface area contributed by atoms with E-state index >= 15 is 0 Å². The molecule has 2 aliphatic rings. The van der Waals surface area contributed by atoms with E-state index < -0.39 is 0 Å². The van der Waals surface area contributed by atoms with Crippen LogP contribution in [-0.4, -0.2) is 12.6 Å². The van der Waals surface area contributed by atoms with Crippen LogP contribution < -0.4 is 4.90 Å². The van der Waals surface area contributed by atoms with E-state index in [2.05, 4.69) is 51.7 Å². The van der Waals surface area contributed by atoms with E-state index in [9.17, 15) is 0 Å². The first-order valence-corrected chi connectivity index (χ1v) is 7.48. The maximum absolute atomic E-state index is 2.63. The summed E-state index contributed by atoms with van der Waals surface area (Å²) in [5.41, 5.74) is 6.45. The van der Waals surface area contributed by atoms with Crippen molar-refractivity contribution >= 4 is 5.69 Å². The highest BCUT2D eigenvalue weighted by Gasteiger charge is 2.38. The zero-order chi connectivity index (χ0) is 13.0. The Balaban J connectivity index is 2.20. The number of nitrogens with zero attached hydrogens (tertiary/aromatic N) is 1. The van der Waals surface area contributed by atoms with Gasteiger partial charge in [-0.05, 0) is 48.8 Å². The first-order chi connectivity index (χ1) is 8.56. The molecule has 0 N–H and O–H groups in total. The topological polar surface area (TPSA) is 3.24 Å². The lowest BCUT2D eigenvalue weighted by atomic mass is 9.91. The van der Waals surface area contributed by atoms with Crippen molar-refractivity contribution in [1.82, 2.24) is 0 Å². The van der Waals surface area contributed by atoms with Gasteiger partial charge in [0.15, 0.2) is 0 Å². The maximum Gasteiger partial charge on any atom is 0.0442 e. The van der Waals surface area contributed by atoms with E-state index in [1.165, 1.54) is 6.42 Å². The molecule has 0 aromatic heterocycles. The first kappa shape index (κ1) is 12.1. The number of anilines is 1. The Kier molecular flexibility index (Phi) is 2.69. The fourth-order valence-electron chi connectivity index (χ4n) is 4.03. The van der Waals surface area contributed by atoms with Gasteiger partial charge in [0.1, 0.15) is 0 Å². The number of hydrogen-bond donors (Lipinski definition) is 0. The van der Waals surface area contributed by atoms with Crippen molar-refractivity contribution in [2.24, 2.45) is 5.92 Å². The molecule has 0 fully saturated rings. The summed E-state index contributed by atoms with van der Waals surface area (Å²) in [6.45, 7) is 13.0. The van der Waals surface area contributed by atoms with Gasteiger partial charge in [0, 0.05) is 24.2 Å². The van der Waals surface area contributed by atoms with Crippen molar-refractivity contribution in [2.75, 3.05) is 11.4 Å². The lowest BCUT2D eigenvalue weighted by Gasteiger charge is -2.27. The smallest absolute Gasteiger partial charge is 0.0442 e. The fourth-order valence-corrected chi connectivity index (χ4v) is 4.03. The summed E-state index contributed by atoms with van der Waals surface area (Å²) in [6, 6.07) is 5.45. The molecule has 1 heteroatoms. The largest absolute Gasteiger partial charge is 0.368 e. The Labute approximate surface area is 111 Å². The van der Waals surface area contributed by atoms with Crippen LogP contribution in [0.15, 0.2) is 12.1 Å². The van der Waals surface area contributed by atoms with Gasteiger partial charge in [0.05, 0.1) is 0 Å². The molecule has 0 spiro atoms. The van der Waals surface area contributed by atoms with Gasteiger partial charge >= 0.3 is 0 Å². The van der Waals surface area contributed by atoms with Gasteiger partial charge in [-0.2, -0.15) is 0 Å². The zero-order valence-corrected chi connectivity index (χ0v) is 12.3. The predicted octanol–water partition coefficient (Wildman–Crippen LogP) is 4.31. The van der Waals surface area contributed by atoms with Crippen molar-refractivity contribution in [3.05, 3.63) is 28.8 Å². The Bertz CT molecular complexity index is 477. The van der Waals surface area contributed by atoms with Crippen molar-refractivity contribution < 1.29 is 0 Å². The van der Waals surface area contributed by atoms with E-state index in [1.54, 1.807) is 22.4 Å². The predicted molar refractivity (Wildman–Crippen MR) is 78.6 cm³/mol. The van der Waals surface area contributed by atoms with Crippen molar-refractivity contribution in [2.45, 2.75) is 58.9 Å².